The molecule has 2 heterocycles. The second kappa shape index (κ2) is 8.08. The third-order valence-corrected chi connectivity index (χ3v) is 6.65. The summed E-state index contributed by atoms with van der Waals surface area (Å²) < 4.78 is 207. The summed E-state index contributed by atoms with van der Waals surface area (Å²) in [7, 11) is 0. The molecule has 0 spiro atoms. The van der Waals surface area contributed by atoms with Gasteiger partial charge in [-0.3, -0.25) is 0 Å². The van der Waals surface area contributed by atoms with Gasteiger partial charge in [0.1, 0.15) is 22.3 Å². The van der Waals surface area contributed by atoms with E-state index in [0.29, 0.717) is 0 Å². The summed E-state index contributed by atoms with van der Waals surface area (Å²) in [5.74, 6) is 0. The number of hydrogen-bond acceptors (Lipinski definition) is 2. The van der Waals surface area contributed by atoms with E-state index in [1.54, 1.807) is 0 Å². The lowest BCUT2D eigenvalue weighted by molar-refractivity contribution is 0.668. The zero-order chi connectivity index (χ0) is 45.4. The van der Waals surface area contributed by atoms with Gasteiger partial charge in [0.05, 0.1) is 30.2 Å². The van der Waals surface area contributed by atoms with Crippen molar-refractivity contribution < 1.29 is 39.0 Å². The fourth-order valence-corrected chi connectivity index (χ4v) is 4.98. The van der Waals surface area contributed by atoms with E-state index < -0.39 is 210 Å². The van der Waals surface area contributed by atoms with Crippen LogP contribution in [0.25, 0.3) is 87.7 Å². The molecule has 40 heavy (non-hydrogen) atoms. The second-order valence-electron chi connectivity index (χ2n) is 8.77. The van der Waals surface area contributed by atoms with Crippen molar-refractivity contribution >= 4 is 65.4 Å². The molecular weight excluding hydrogens is 488 g/mol. The van der Waals surface area contributed by atoms with Crippen molar-refractivity contribution in [2.45, 2.75) is 0 Å². The summed E-state index contributed by atoms with van der Waals surface area (Å²) in [5.41, 5.74) is -4.51. The van der Waals surface area contributed by atoms with Gasteiger partial charge >= 0.3 is 0 Å². The Morgan fingerprint density at radius 2 is 0.650 bits per heavy atom. The number of rotatable bonds is 2. The average molecular weight is 533 g/mol. The van der Waals surface area contributed by atoms with Gasteiger partial charge in [-0.25, -0.2) is 0 Å². The van der Waals surface area contributed by atoms with Gasteiger partial charge in [0.15, 0.2) is 0 Å². The Morgan fingerprint density at radius 3 is 1.05 bits per heavy atom. The van der Waals surface area contributed by atoms with Crippen molar-refractivity contribution in [3.8, 4) is 22.3 Å². The van der Waals surface area contributed by atoms with Crippen molar-refractivity contribution in [2.24, 2.45) is 0 Å². The third-order valence-electron chi connectivity index (χ3n) is 6.65. The van der Waals surface area contributed by atoms with Crippen molar-refractivity contribution in [1.82, 2.24) is 0 Å². The summed E-state index contributed by atoms with van der Waals surface area (Å²) in [6.07, 6.45) is 0. The monoisotopic (exact) mass is 532 g/mol. The van der Waals surface area contributed by atoms with Crippen LogP contribution in [0.5, 0.6) is 0 Å². The van der Waals surface area contributed by atoms with Crippen LogP contribution in [0.1, 0.15) is 30.2 Å². The Balaban J connectivity index is 1.63. The van der Waals surface area contributed by atoms with Gasteiger partial charge in [0.25, 0.3) is 0 Å². The molecule has 7 aromatic carbocycles. The van der Waals surface area contributed by atoms with E-state index in [9.17, 15) is 11.0 Å². The molecule has 2 nitrogen and oxygen atoms in total. The predicted octanol–water partition coefficient (Wildman–Crippen LogP) is 11.1. The van der Waals surface area contributed by atoms with Crippen LogP contribution >= 0.6 is 0 Å². The first kappa shape index (κ1) is 9.39. The highest BCUT2D eigenvalue weighted by Gasteiger charge is 2.18. The van der Waals surface area contributed by atoms with E-state index in [4.69, 9.17) is 28.0 Å². The highest BCUT2D eigenvalue weighted by molar-refractivity contribution is 6.22. The summed E-state index contributed by atoms with van der Waals surface area (Å²) in [6.45, 7) is 0. The molecule has 0 unspecified atom stereocenters. The molecule has 0 aliphatic carbocycles. The number of hydrogen-bond donors (Lipinski definition) is 0. The van der Waals surface area contributed by atoms with Gasteiger partial charge in [-0.2, -0.15) is 0 Å². The quantitative estimate of drug-likeness (QED) is 0.207. The highest BCUT2D eigenvalue weighted by atomic mass is 16.3. The third kappa shape index (κ3) is 2.99. The Labute approximate surface area is 260 Å². The molecule has 0 amide bonds. The lowest BCUT2D eigenvalue weighted by Gasteiger charge is -2.17. The molecule has 0 saturated heterocycles. The van der Waals surface area contributed by atoms with E-state index in [0.717, 1.165) is 0 Å². The molecular formula is C38H22O2. The molecule has 0 atom stereocenters. The number of benzene rings is 7. The zero-order valence-corrected chi connectivity index (χ0v) is 19.8. The van der Waals surface area contributed by atoms with Crippen molar-refractivity contribution in [1.29, 1.82) is 0 Å². The molecule has 9 aromatic rings. The maximum Gasteiger partial charge on any atom is 0.135 e. The summed E-state index contributed by atoms with van der Waals surface area (Å²) >= 11 is 0. The maximum absolute atomic E-state index is 9.57. The first-order valence-electron chi connectivity index (χ1n) is 22.8. The molecule has 0 aliphatic rings. The average Bonchev–Trinajstić information content (AvgIpc) is 3.86. The number of para-hydroxylation sites is 2. The summed E-state index contributed by atoms with van der Waals surface area (Å²) in [5, 5.41) is -4.08. The van der Waals surface area contributed by atoms with Crippen molar-refractivity contribution in [3.05, 3.63) is 133 Å². The van der Waals surface area contributed by atoms with Crippen molar-refractivity contribution in [2.75, 3.05) is 0 Å². The predicted molar refractivity (Wildman–Crippen MR) is 167 cm³/mol. The van der Waals surface area contributed by atoms with Gasteiger partial charge in [0, 0.05) is 21.5 Å². The molecule has 0 saturated carbocycles. The fourth-order valence-electron chi connectivity index (χ4n) is 4.98. The van der Waals surface area contributed by atoms with Gasteiger partial charge in [-0.15, -0.1) is 0 Å². The Morgan fingerprint density at radius 1 is 0.325 bits per heavy atom. The largest absolute Gasteiger partial charge is 0.456 e. The van der Waals surface area contributed by atoms with Crippen LogP contribution in [0, 0.1) is 0 Å². The van der Waals surface area contributed by atoms with Crippen LogP contribution in [0.4, 0.5) is 0 Å². The van der Waals surface area contributed by atoms with Crippen LogP contribution < -0.4 is 0 Å². The Kier molecular flexibility index (Phi) is 1.90. The molecule has 0 aliphatic heterocycles. The van der Waals surface area contributed by atoms with Gasteiger partial charge in [-0.1, -0.05) is 96.7 Å². The van der Waals surface area contributed by atoms with Crippen molar-refractivity contribution in [3.63, 3.8) is 0 Å². The van der Waals surface area contributed by atoms with Crippen LogP contribution in [-0.2, 0) is 0 Å². The first-order valence-corrected chi connectivity index (χ1v) is 11.8. The minimum atomic E-state index is -0.909. The lowest BCUT2D eigenvalue weighted by Crippen LogP contribution is -1.90. The van der Waals surface area contributed by atoms with E-state index >= 15 is 0 Å². The molecule has 0 bridgehead atoms. The SMILES string of the molecule is [2H]c1c([2H])c([2H])c2c(oc3c([2H])c([2H])c(-c4c5c([2H])c([2H])c([2H])c([2H])c5c(-c5c([2H])c([2H])c6oc7c([2H])c([2H])c([2H])c([2H])c7c6c5[2H])c5c([2H])c([2H])c([2H])c([2H])c45)c([2H])c32)c1[2H]. The Bertz CT molecular complexity index is 3340. The molecule has 186 valence electrons. The van der Waals surface area contributed by atoms with E-state index in [1.807, 2.05) is 0 Å². The smallest absolute Gasteiger partial charge is 0.135 e. The standard InChI is InChI=1S/C38H22O2/c1-2-12-28-27(11-1)37(23-17-19-35-31(21-23)25-9-5-7-15-33(25)39-35)29-13-3-4-14-30(29)38(28)24-18-20-36-32(22-24)26-10-6-8-16-34(26)40-36/h1-22H/i1D,2D,3D,4D,5D,6D,7D,8D,9D,10D,11D,12D,13D,14D,15D,16D,17D,18D,19D,20D,21D,22D. The van der Waals surface area contributed by atoms with Crippen LogP contribution in [0.3, 0.4) is 0 Å². The molecule has 2 aromatic heterocycles. The van der Waals surface area contributed by atoms with Gasteiger partial charge in [0.2, 0.25) is 0 Å². The topological polar surface area (TPSA) is 26.3 Å². The van der Waals surface area contributed by atoms with Crippen LogP contribution in [-0.4, -0.2) is 0 Å². The molecule has 0 fully saturated rings. The van der Waals surface area contributed by atoms with E-state index in [1.165, 1.54) is 0 Å². The van der Waals surface area contributed by atoms with Gasteiger partial charge < -0.3 is 8.83 Å². The molecule has 0 N–H and O–H groups in total. The van der Waals surface area contributed by atoms with Gasteiger partial charge in [-0.05, 0) is 80.1 Å². The van der Waals surface area contributed by atoms with E-state index in [-0.39, 0.29) is 10.8 Å². The minimum absolute atomic E-state index is 0.376. The summed E-state index contributed by atoms with van der Waals surface area (Å²) in [6, 6.07) is -17.7. The lowest BCUT2D eigenvalue weighted by atomic mass is 9.85. The van der Waals surface area contributed by atoms with E-state index in [2.05, 4.69) is 0 Å². The second-order valence-corrected chi connectivity index (χ2v) is 8.77. The minimum Gasteiger partial charge on any atom is -0.456 e. The normalized spacial score (nSPS) is 19.7. The first-order chi connectivity index (χ1) is 29.0. The molecule has 9 rings (SSSR count). The molecule has 0 radical (unpaired) electrons. The maximum atomic E-state index is 9.57. The molecule has 2 heteroatoms. The van der Waals surface area contributed by atoms with Crippen LogP contribution in [0.2, 0.25) is 0 Å². The zero-order valence-electron chi connectivity index (χ0n) is 41.8. The number of fused-ring (bicyclic) bond motifs is 8. The van der Waals surface area contributed by atoms with Crippen LogP contribution in [0.15, 0.2) is 142 Å². The Hall–Kier alpha value is -5.34. The fraction of sp³-hybridized carbons (Fsp3) is 0. The highest BCUT2D eigenvalue weighted by Crippen LogP contribution is 2.45. The number of furan rings is 2. The summed E-state index contributed by atoms with van der Waals surface area (Å²) in [4.78, 5) is 0.